The normalized spacial score (nSPS) is 8.80. The van der Waals surface area contributed by atoms with Crippen LogP contribution in [0.25, 0.3) is 0 Å². The lowest BCUT2D eigenvalue weighted by atomic mass is 10.1. The van der Waals surface area contributed by atoms with Crippen molar-refractivity contribution in [3.63, 3.8) is 0 Å². The minimum absolute atomic E-state index is 0.0277. The molecule has 2 heteroatoms. The predicted octanol–water partition coefficient (Wildman–Crippen LogP) is 3.02. The van der Waals surface area contributed by atoms with Crippen molar-refractivity contribution in [3.8, 4) is 0 Å². The lowest BCUT2D eigenvalue weighted by Crippen LogP contribution is -2.23. The van der Waals surface area contributed by atoms with Crippen molar-refractivity contribution in [2.24, 2.45) is 0 Å². The van der Waals surface area contributed by atoms with Crippen LogP contribution in [0.3, 0.4) is 0 Å². The first-order chi connectivity index (χ1) is 7.29. The van der Waals surface area contributed by atoms with Crippen LogP contribution < -0.4 is 5.32 Å². The van der Waals surface area contributed by atoms with Gasteiger partial charge in [-0.2, -0.15) is 0 Å². The highest BCUT2D eigenvalue weighted by atomic mass is 16.1. The molecule has 1 aromatic carbocycles. The van der Waals surface area contributed by atoms with E-state index >= 15 is 0 Å². The maximum Gasteiger partial charge on any atom is 0.251 e. The summed E-state index contributed by atoms with van der Waals surface area (Å²) in [5, 5.41) is 2.80. The molecule has 84 valence electrons. The molecule has 0 aromatic heterocycles. The third kappa shape index (κ3) is 4.15. The zero-order chi connectivity index (χ0) is 11.7. The van der Waals surface area contributed by atoms with E-state index in [1.165, 1.54) is 0 Å². The monoisotopic (exact) mass is 207 g/mol. The molecule has 0 spiro atoms. The molecule has 0 atom stereocenters. The van der Waals surface area contributed by atoms with Crippen molar-refractivity contribution >= 4 is 5.91 Å². The summed E-state index contributed by atoms with van der Waals surface area (Å²) in [5.74, 6) is 0.0277. The first-order valence-electron chi connectivity index (χ1n) is 5.65. The Balaban J connectivity index is 0.000000921. The second-order valence-electron chi connectivity index (χ2n) is 2.87. The minimum atomic E-state index is 0.0277. The molecule has 0 saturated carbocycles. The fourth-order valence-corrected chi connectivity index (χ4v) is 1.31. The topological polar surface area (TPSA) is 29.1 Å². The summed E-state index contributed by atoms with van der Waals surface area (Å²) in [6, 6.07) is 7.71. The SMILES string of the molecule is CC.CCNC(=O)c1ccccc1CC. The molecule has 1 aromatic rings. The van der Waals surface area contributed by atoms with Crippen molar-refractivity contribution in [3.05, 3.63) is 35.4 Å². The summed E-state index contributed by atoms with van der Waals surface area (Å²) >= 11 is 0. The molecular formula is C13H21NO. The van der Waals surface area contributed by atoms with Crippen LogP contribution in [0.4, 0.5) is 0 Å². The van der Waals surface area contributed by atoms with Gasteiger partial charge in [0.05, 0.1) is 0 Å². The maximum absolute atomic E-state index is 11.5. The molecular weight excluding hydrogens is 186 g/mol. The molecule has 0 heterocycles. The van der Waals surface area contributed by atoms with Crippen LogP contribution in [0.15, 0.2) is 24.3 Å². The number of hydrogen-bond acceptors (Lipinski definition) is 1. The molecule has 1 N–H and O–H groups in total. The van der Waals surface area contributed by atoms with E-state index in [0.717, 1.165) is 17.5 Å². The van der Waals surface area contributed by atoms with Gasteiger partial charge in [-0.25, -0.2) is 0 Å². The van der Waals surface area contributed by atoms with Gasteiger partial charge in [-0.05, 0) is 25.0 Å². The number of amides is 1. The third-order valence-corrected chi connectivity index (χ3v) is 1.98. The number of carbonyl (C=O) groups excluding carboxylic acids is 1. The van der Waals surface area contributed by atoms with E-state index in [0.29, 0.717) is 6.54 Å². The highest BCUT2D eigenvalue weighted by Crippen LogP contribution is 2.08. The van der Waals surface area contributed by atoms with E-state index < -0.39 is 0 Å². The minimum Gasteiger partial charge on any atom is -0.352 e. The predicted molar refractivity (Wildman–Crippen MR) is 65.2 cm³/mol. The second-order valence-corrected chi connectivity index (χ2v) is 2.87. The van der Waals surface area contributed by atoms with Crippen molar-refractivity contribution in [2.75, 3.05) is 6.54 Å². The van der Waals surface area contributed by atoms with Crippen LogP contribution >= 0.6 is 0 Å². The number of rotatable bonds is 3. The molecule has 0 aliphatic carbocycles. The summed E-state index contributed by atoms with van der Waals surface area (Å²) in [6.45, 7) is 8.65. The average molecular weight is 207 g/mol. The highest BCUT2D eigenvalue weighted by molar-refractivity contribution is 5.95. The van der Waals surface area contributed by atoms with Crippen LogP contribution in [0.1, 0.15) is 43.6 Å². The number of carbonyl (C=O) groups is 1. The van der Waals surface area contributed by atoms with Gasteiger partial charge in [0, 0.05) is 12.1 Å². The van der Waals surface area contributed by atoms with Crippen molar-refractivity contribution < 1.29 is 4.79 Å². The second kappa shape index (κ2) is 8.04. The summed E-state index contributed by atoms with van der Waals surface area (Å²) in [4.78, 5) is 11.5. The zero-order valence-corrected chi connectivity index (χ0v) is 10.1. The lowest BCUT2D eigenvalue weighted by molar-refractivity contribution is 0.0955. The molecule has 0 fully saturated rings. The summed E-state index contributed by atoms with van der Waals surface area (Å²) in [5.41, 5.74) is 1.90. The Morgan fingerprint density at radius 3 is 2.33 bits per heavy atom. The van der Waals surface area contributed by atoms with Gasteiger partial charge >= 0.3 is 0 Å². The van der Waals surface area contributed by atoms with Crippen LogP contribution in [0, 0.1) is 0 Å². The van der Waals surface area contributed by atoms with E-state index in [-0.39, 0.29) is 5.91 Å². The van der Waals surface area contributed by atoms with Crippen molar-refractivity contribution in [1.29, 1.82) is 0 Å². The van der Waals surface area contributed by atoms with E-state index in [2.05, 4.69) is 12.2 Å². The Labute approximate surface area is 92.7 Å². The zero-order valence-electron chi connectivity index (χ0n) is 10.1. The molecule has 0 radical (unpaired) electrons. The van der Waals surface area contributed by atoms with Gasteiger partial charge < -0.3 is 5.32 Å². The van der Waals surface area contributed by atoms with Crippen LogP contribution in [-0.4, -0.2) is 12.5 Å². The van der Waals surface area contributed by atoms with Gasteiger partial charge in [0.25, 0.3) is 5.91 Å². The van der Waals surface area contributed by atoms with Gasteiger partial charge in [-0.3, -0.25) is 4.79 Å². The number of nitrogens with one attached hydrogen (secondary N) is 1. The summed E-state index contributed by atoms with van der Waals surface area (Å²) in [7, 11) is 0. The number of benzene rings is 1. The highest BCUT2D eigenvalue weighted by Gasteiger charge is 2.07. The fourth-order valence-electron chi connectivity index (χ4n) is 1.31. The van der Waals surface area contributed by atoms with E-state index in [4.69, 9.17) is 0 Å². The van der Waals surface area contributed by atoms with Gasteiger partial charge in [-0.1, -0.05) is 39.0 Å². The van der Waals surface area contributed by atoms with Crippen LogP contribution in [0.2, 0.25) is 0 Å². The van der Waals surface area contributed by atoms with Crippen LogP contribution in [0.5, 0.6) is 0 Å². The van der Waals surface area contributed by atoms with E-state index in [1.807, 2.05) is 45.0 Å². The first kappa shape index (κ1) is 13.7. The Morgan fingerprint density at radius 1 is 1.20 bits per heavy atom. The molecule has 2 nitrogen and oxygen atoms in total. The van der Waals surface area contributed by atoms with E-state index in [9.17, 15) is 4.79 Å². The van der Waals surface area contributed by atoms with Crippen LogP contribution in [-0.2, 0) is 6.42 Å². The largest absolute Gasteiger partial charge is 0.352 e. The summed E-state index contributed by atoms with van der Waals surface area (Å²) < 4.78 is 0. The average Bonchev–Trinajstić information content (AvgIpc) is 2.32. The van der Waals surface area contributed by atoms with Gasteiger partial charge in [0.2, 0.25) is 0 Å². The first-order valence-corrected chi connectivity index (χ1v) is 5.65. The third-order valence-electron chi connectivity index (χ3n) is 1.98. The molecule has 0 bridgehead atoms. The summed E-state index contributed by atoms with van der Waals surface area (Å²) in [6.07, 6.45) is 0.896. The Morgan fingerprint density at radius 2 is 1.80 bits per heavy atom. The number of aryl methyl sites for hydroxylation is 1. The van der Waals surface area contributed by atoms with Crippen molar-refractivity contribution in [1.82, 2.24) is 5.32 Å². The molecule has 0 aliphatic heterocycles. The van der Waals surface area contributed by atoms with Gasteiger partial charge in [0.1, 0.15) is 0 Å². The molecule has 1 amide bonds. The Kier molecular flexibility index (Phi) is 7.33. The molecule has 0 saturated heterocycles. The van der Waals surface area contributed by atoms with E-state index in [1.54, 1.807) is 0 Å². The quantitative estimate of drug-likeness (QED) is 0.811. The molecule has 1 rings (SSSR count). The number of hydrogen-bond donors (Lipinski definition) is 1. The molecule has 0 aliphatic rings. The van der Waals surface area contributed by atoms with Gasteiger partial charge in [-0.15, -0.1) is 0 Å². The molecule has 0 unspecified atom stereocenters. The fraction of sp³-hybridized carbons (Fsp3) is 0.462. The van der Waals surface area contributed by atoms with Crippen molar-refractivity contribution in [2.45, 2.75) is 34.1 Å². The molecule has 15 heavy (non-hydrogen) atoms. The lowest BCUT2D eigenvalue weighted by Gasteiger charge is -2.06. The maximum atomic E-state index is 11.5. The Hall–Kier alpha value is -1.31. The Bertz CT molecular complexity index is 294. The standard InChI is InChI=1S/C11H15NO.C2H6/c1-3-9-7-5-6-8-10(9)11(13)12-4-2;1-2/h5-8H,3-4H2,1-2H3,(H,12,13);1-2H3. The van der Waals surface area contributed by atoms with Gasteiger partial charge in [0.15, 0.2) is 0 Å². The smallest absolute Gasteiger partial charge is 0.251 e.